The van der Waals surface area contributed by atoms with Gasteiger partial charge in [0.15, 0.2) is 0 Å². The molecule has 1 saturated heterocycles. The lowest BCUT2D eigenvalue weighted by Crippen LogP contribution is -2.63. The van der Waals surface area contributed by atoms with Crippen molar-refractivity contribution in [3.8, 4) is 0 Å². The number of hydrogen-bond donors (Lipinski definition) is 1. The molecule has 1 N–H and O–H groups in total. The van der Waals surface area contributed by atoms with Crippen molar-refractivity contribution >= 4 is 28.3 Å². The van der Waals surface area contributed by atoms with Crippen molar-refractivity contribution in [3.05, 3.63) is 34.4 Å². The Labute approximate surface area is 202 Å². The second-order valence-corrected chi connectivity index (χ2v) is 11.6. The van der Waals surface area contributed by atoms with Gasteiger partial charge in [-0.15, -0.1) is 12.4 Å². The average Bonchev–Trinajstić information content (AvgIpc) is 2.73. The largest absolute Gasteiger partial charge is 0.350 e. The highest BCUT2D eigenvalue weighted by Crippen LogP contribution is 2.42. The summed E-state index contributed by atoms with van der Waals surface area (Å²) in [7, 11) is -3.27. The van der Waals surface area contributed by atoms with Gasteiger partial charge < -0.3 is 5.32 Å². The third kappa shape index (κ3) is 6.24. The second-order valence-electron chi connectivity index (χ2n) is 9.32. The van der Waals surface area contributed by atoms with Crippen molar-refractivity contribution in [2.75, 3.05) is 38.5 Å². The van der Waals surface area contributed by atoms with E-state index in [9.17, 15) is 22.0 Å². The number of rotatable bonds is 6. The van der Waals surface area contributed by atoms with E-state index < -0.39 is 21.5 Å². The Morgan fingerprint density at radius 2 is 1.52 bits per heavy atom. The molecule has 1 aliphatic carbocycles. The summed E-state index contributed by atoms with van der Waals surface area (Å²) in [6, 6.07) is 3.93. The minimum atomic E-state index is -3.27. The summed E-state index contributed by atoms with van der Waals surface area (Å²) in [6.07, 6.45) is 0.0944. The van der Waals surface area contributed by atoms with Crippen molar-refractivity contribution in [1.82, 2.24) is 14.5 Å². The summed E-state index contributed by atoms with van der Waals surface area (Å²) < 4.78 is 53.9. The third-order valence-corrected chi connectivity index (χ3v) is 8.94. The Morgan fingerprint density at radius 1 is 1.00 bits per heavy atom. The zero-order valence-corrected chi connectivity index (χ0v) is 21.6. The van der Waals surface area contributed by atoms with Crippen molar-refractivity contribution in [2.45, 2.75) is 64.8 Å². The molecule has 0 radical (unpaired) electrons. The van der Waals surface area contributed by atoms with Crippen molar-refractivity contribution in [1.29, 1.82) is 0 Å². The molecule has 10 heteroatoms. The highest BCUT2D eigenvalue weighted by Gasteiger charge is 2.47. The average molecular weight is 508 g/mol. The number of nitrogens with one attached hydrogen (secondary N) is 1. The van der Waals surface area contributed by atoms with Crippen LogP contribution in [0, 0.1) is 20.8 Å². The van der Waals surface area contributed by atoms with Crippen LogP contribution in [-0.4, -0.2) is 73.5 Å². The quantitative estimate of drug-likeness (QED) is 0.637. The van der Waals surface area contributed by atoms with Gasteiger partial charge in [0.2, 0.25) is 15.9 Å². The Kier molecular flexibility index (Phi) is 8.93. The minimum absolute atomic E-state index is 0. The molecule has 0 bridgehead atoms. The van der Waals surface area contributed by atoms with Crippen LogP contribution in [0.5, 0.6) is 0 Å². The molecule has 1 heterocycles. The maximum Gasteiger partial charge on any atom is 0.251 e. The summed E-state index contributed by atoms with van der Waals surface area (Å²) in [6.45, 7) is 9.32. The Bertz CT molecular complexity index is 931. The van der Waals surface area contributed by atoms with E-state index in [0.717, 1.165) is 16.7 Å². The van der Waals surface area contributed by atoms with Gasteiger partial charge in [-0.25, -0.2) is 17.2 Å². The molecule has 1 saturated carbocycles. The second kappa shape index (κ2) is 10.5. The summed E-state index contributed by atoms with van der Waals surface area (Å²) in [5.74, 6) is -2.83. The number of sulfonamides is 1. The first kappa shape index (κ1) is 28.0. The molecule has 0 unspecified atom stereocenters. The number of aryl methyl sites for hydroxylation is 3. The first-order valence-corrected chi connectivity index (χ1v) is 13.0. The number of hydrogen-bond acceptors (Lipinski definition) is 4. The molecular weight excluding hydrogens is 472 g/mol. The van der Waals surface area contributed by atoms with Crippen LogP contribution in [0.15, 0.2) is 12.1 Å². The zero-order valence-electron chi connectivity index (χ0n) is 19.9. The molecule has 0 spiro atoms. The molecule has 0 atom stereocenters. The molecule has 1 amide bonds. The minimum Gasteiger partial charge on any atom is -0.350 e. The predicted molar refractivity (Wildman–Crippen MR) is 129 cm³/mol. The maximum absolute atomic E-state index is 14.0. The fourth-order valence-corrected chi connectivity index (χ4v) is 6.27. The number of halogens is 3. The molecular formula is C23H36ClF2N3O3S. The van der Waals surface area contributed by atoms with Crippen LogP contribution in [0.25, 0.3) is 0 Å². The van der Waals surface area contributed by atoms with E-state index >= 15 is 0 Å². The lowest BCUT2D eigenvalue weighted by Gasteiger charge is -2.50. The van der Waals surface area contributed by atoms with Gasteiger partial charge in [-0.2, -0.15) is 4.31 Å². The highest BCUT2D eigenvalue weighted by atomic mass is 35.5. The number of carbonyl (C=O) groups is 1. The van der Waals surface area contributed by atoms with Gasteiger partial charge in [-0.05, 0) is 51.7 Å². The van der Waals surface area contributed by atoms with Crippen molar-refractivity contribution in [3.63, 3.8) is 0 Å². The van der Waals surface area contributed by atoms with E-state index in [-0.39, 0.29) is 56.3 Å². The van der Waals surface area contributed by atoms with E-state index in [2.05, 4.69) is 10.2 Å². The standard InChI is InChI=1S/C23H35F2N3O3S.ClH/c1-5-32(30,31)28-12-10-27(11-13-28)22(6-8-23(24,25)9-7-22)16-26-21(29)20-18(3)14-17(2)15-19(20)4;/h14-15H,5-13,16H2,1-4H3,(H,26,29);1H. The van der Waals surface area contributed by atoms with Crippen LogP contribution >= 0.6 is 12.4 Å². The lowest BCUT2D eigenvalue weighted by molar-refractivity contribution is -0.0856. The molecule has 2 fully saturated rings. The van der Waals surface area contributed by atoms with Crippen LogP contribution in [-0.2, 0) is 10.0 Å². The van der Waals surface area contributed by atoms with E-state index in [1.54, 1.807) is 6.92 Å². The number of piperazine rings is 1. The van der Waals surface area contributed by atoms with E-state index in [1.165, 1.54) is 4.31 Å². The molecule has 33 heavy (non-hydrogen) atoms. The molecule has 2 aliphatic rings. The van der Waals surface area contributed by atoms with Gasteiger partial charge in [0.1, 0.15) is 0 Å². The molecule has 0 aromatic heterocycles. The smallest absolute Gasteiger partial charge is 0.251 e. The summed E-state index contributed by atoms with van der Waals surface area (Å²) >= 11 is 0. The molecule has 3 rings (SSSR count). The number of nitrogens with zero attached hydrogens (tertiary/aromatic N) is 2. The molecule has 1 aliphatic heterocycles. The topological polar surface area (TPSA) is 69.7 Å². The van der Waals surface area contributed by atoms with Crippen LogP contribution in [0.1, 0.15) is 59.7 Å². The fourth-order valence-electron chi connectivity index (χ4n) is 5.18. The Morgan fingerprint density at radius 3 is 2.00 bits per heavy atom. The Balaban J connectivity index is 0.00000385. The molecule has 1 aromatic carbocycles. The van der Waals surface area contributed by atoms with Crippen molar-refractivity contribution in [2.24, 2.45) is 0 Å². The summed E-state index contributed by atoms with van der Waals surface area (Å²) in [5, 5.41) is 3.03. The maximum atomic E-state index is 14.0. The molecule has 188 valence electrons. The van der Waals surface area contributed by atoms with Crippen LogP contribution < -0.4 is 5.32 Å². The fraction of sp³-hybridized carbons (Fsp3) is 0.696. The number of amides is 1. The first-order chi connectivity index (χ1) is 14.9. The molecule has 1 aromatic rings. The lowest BCUT2D eigenvalue weighted by atomic mass is 9.78. The van der Waals surface area contributed by atoms with E-state index in [0.29, 0.717) is 31.7 Å². The summed E-state index contributed by atoms with van der Waals surface area (Å²) in [4.78, 5) is 15.2. The number of alkyl halides is 2. The van der Waals surface area contributed by atoms with Gasteiger partial charge in [0.25, 0.3) is 5.91 Å². The predicted octanol–water partition coefficient (Wildman–Crippen LogP) is 3.68. The third-order valence-electron chi connectivity index (χ3n) is 7.06. The highest BCUT2D eigenvalue weighted by molar-refractivity contribution is 7.89. The zero-order chi connectivity index (χ0) is 23.7. The van der Waals surface area contributed by atoms with Gasteiger partial charge >= 0.3 is 0 Å². The monoisotopic (exact) mass is 507 g/mol. The number of benzene rings is 1. The van der Waals surface area contributed by atoms with Gasteiger partial charge in [0, 0.05) is 56.7 Å². The van der Waals surface area contributed by atoms with Gasteiger partial charge in [-0.1, -0.05) is 17.7 Å². The SMILES string of the molecule is CCS(=O)(=O)N1CCN(C2(CNC(=O)c3c(C)cc(C)cc3C)CCC(F)(F)CC2)CC1.Cl. The summed E-state index contributed by atoms with van der Waals surface area (Å²) in [5.41, 5.74) is 2.91. The van der Waals surface area contributed by atoms with Crippen LogP contribution in [0.2, 0.25) is 0 Å². The van der Waals surface area contributed by atoms with Gasteiger partial charge in [0.05, 0.1) is 5.75 Å². The first-order valence-electron chi connectivity index (χ1n) is 11.4. The molecule has 6 nitrogen and oxygen atoms in total. The Hall–Kier alpha value is -1.29. The van der Waals surface area contributed by atoms with E-state index in [1.807, 2.05) is 32.9 Å². The number of carbonyl (C=O) groups excluding carboxylic acids is 1. The normalized spacial score (nSPS) is 21.3. The van der Waals surface area contributed by atoms with E-state index in [4.69, 9.17) is 0 Å². The van der Waals surface area contributed by atoms with Crippen molar-refractivity contribution < 1.29 is 22.0 Å². The van der Waals surface area contributed by atoms with Gasteiger partial charge in [-0.3, -0.25) is 9.69 Å². The van der Waals surface area contributed by atoms with Crippen LogP contribution in [0.3, 0.4) is 0 Å². The van der Waals surface area contributed by atoms with Crippen LogP contribution in [0.4, 0.5) is 8.78 Å².